The van der Waals surface area contributed by atoms with E-state index < -0.39 is 0 Å². The Morgan fingerprint density at radius 3 is 3.00 bits per heavy atom. The van der Waals surface area contributed by atoms with Crippen LogP contribution in [-0.2, 0) is 12.4 Å². The summed E-state index contributed by atoms with van der Waals surface area (Å²) < 4.78 is 16.2. The molecule has 0 N–H and O–H groups in total. The van der Waals surface area contributed by atoms with E-state index in [4.69, 9.17) is 11.6 Å². The maximum Gasteiger partial charge on any atom is 0.128 e. The largest absolute Gasteiger partial charge is 0.329 e. The zero-order valence-electron chi connectivity index (χ0n) is 8.33. The van der Waals surface area contributed by atoms with Gasteiger partial charge in [-0.2, -0.15) is 0 Å². The highest BCUT2D eigenvalue weighted by molar-refractivity contribution is 9.10. The molecule has 0 aliphatic rings. The quantitative estimate of drug-likeness (QED) is 0.793. The molecule has 1 aromatic carbocycles. The van der Waals surface area contributed by atoms with Gasteiger partial charge in [-0.3, -0.25) is 0 Å². The van der Waals surface area contributed by atoms with Crippen LogP contribution in [0, 0.1) is 5.82 Å². The van der Waals surface area contributed by atoms with Crippen molar-refractivity contribution in [2.24, 2.45) is 0 Å². The van der Waals surface area contributed by atoms with Gasteiger partial charge < -0.3 is 4.57 Å². The van der Waals surface area contributed by atoms with Crippen molar-refractivity contribution in [2.45, 2.75) is 12.4 Å². The molecule has 2 rings (SSSR count). The lowest BCUT2D eigenvalue weighted by Crippen LogP contribution is -2.04. The molecule has 84 valence electrons. The predicted molar refractivity (Wildman–Crippen MR) is 65.0 cm³/mol. The van der Waals surface area contributed by atoms with E-state index in [0.29, 0.717) is 18.0 Å². The molecule has 5 heteroatoms. The lowest BCUT2D eigenvalue weighted by atomic mass is 10.2. The van der Waals surface area contributed by atoms with Crippen molar-refractivity contribution in [1.82, 2.24) is 9.55 Å². The fourth-order valence-electron chi connectivity index (χ4n) is 1.46. The van der Waals surface area contributed by atoms with Gasteiger partial charge >= 0.3 is 0 Å². The second-order valence-corrected chi connectivity index (χ2v) is 4.52. The van der Waals surface area contributed by atoms with Gasteiger partial charge in [0, 0.05) is 22.4 Å². The number of aromatic nitrogens is 2. The fraction of sp³-hybridized carbons (Fsp3) is 0.182. The van der Waals surface area contributed by atoms with Gasteiger partial charge in [0.1, 0.15) is 11.6 Å². The third kappa shape index (κ3) is 2.44. The van der Waals surface area contributed by atoms with Gasteiger partial charge in [0.2, 0.25) is 0 Å². The Kier molecular flexibility index (Phi) is 3.61. The zero-order chi connectivity index (χ0) is 11.5. The van der Waals surface area contributed by atoms with Gasteiger partial charge in [0.25, 0.3) is 0 Å². The Labute approximate surface area is 106 Å². The minimum atomic E-state index is -0.225. The van der Waals surface area contributed by atoms with Crippen molar-refractivity contribution in [2.75, 3.05) is 0 Å². The van der Waals surface area contributed by atoms with Crippen LogP contribution in [-0.4, -0.2) is 9.55 Å². The maximum atomic E-state index is 13.5. The number of imidazole rings is 1. The second kappa shape index (κ2) is 4.97. The monoisotopic (exact) mass is 302 g/mol. The average Bonchev–Trinajstić information content (AvgIpc) is 2.71. The summed E-state index contributed by atoms with van der Waals surface area (Å²) in [6, 6.07) is 4.87. The van der Waals surface area contributed by atoms with E-state index in [-0.39, 0.29) is 5.82 Å². The van der Waals surface area contributed by atoms with Crippen LogP contribution >= 0.6 is 27.5 Å². The molecule has 0 unspecified atom stereocenters. The van der Waals surface area contributed by atoms with Gasteiger partial charge in [-0.1, -0.05) is 15.9 Å². The third-order valence-corrected chi connectivity index (χ3v) is 3.00. The summed E-state index contributed by atoms with van der Waals surface area (Å²) in [5.74, 6) is 0.835. The summed E-state index contributed by atoms with van der Waals surface area (Å²) in [6.45, 7) is 0.438. The van der Waals surface area contributed by atoms with E-state index >= 15 is 0 Å². The van der Waals surface area contributed by atoms with E-state index in [2.05, 4.69) is 20.9 Å². The van der Waals surface area contributed by atoms with E-state index in [1.165, 1.54) is 6.07 Å². The molecule has 0 fully saturated rings. The van der Waals surface area contributed by atoms with Gasteiger partial charge in [0.05, 0.1) is 12.4 Å². The first-order chi connectivity index (χ1) is 7.70. The fourth-order valence-corrected chi connectivity index (χ4v) is 2.09. The Morgan fingerprint density at radius 1 is 1.44 bits per heavy atom. The van der Waals surface area contributed by atoms with E-state index in [9.17, 15) is 4.39 Å². The predicted octanol–water partition coefficient (Wildman–Crippen LogP) is 3.57. The molecular formula is C11H9BrClFN2. The van der Waals surface area contributed by atoms with Crippen molar-refractivity contribution in [3.05, 3.63) is 52.3 Å². The second-order valence-electron chi connectivity index (χ2n) is 3.34. The molecule has 0 aliphatic carbocycles. The lowest BCUT2D eigenvalue weighted by Gasteiger charge is -2.07. The molecule has 0 amide bonds. The summed E-state index contributed by atoms with van der Waals surface area (Å²) in [7, 11) is 0. The lowest BCUT2D eigenvalue weighted by molar-refractivity contribution is 0.596. The number of hydrogen-bond acceptors (Lipinski definition) is 1. The number of hydrogen-bond donors (Lipinski definition) is 0. The topological polar surface area (TPSA) is 17.8 Å². The Hall–Kier alpha value is -0.870. The summed E-state index contributed by atoms with van der Waals surface area (Å²) in [5, 5.41) is 0. The number of alkyl halides is 1. The molecular weight excluding hydrogens is 294 g/mol. The number of halogens is 3. The first-order valence-corrected chi connectivity index (χ1v) is 6.03. The summed E-state index contributed by atoms with van der Waals surface area (Å²) >= 11 is 9.04. The normalized spacial score (nSPS) is 10.7. The summed E-state index contributed by atoms with van der Waals surface area (Å²) in [4.78, 5) is 4.08. The van der Waals surface area contributed by atoms with Crippen LogP contribution < -0.4 is 0 Å². The van der Waals surface area contributed by atoms with Crippen LogP contribution in [0.15, 0.2) is 35.1 Å². The van der Waals surface area contributed by atoms with Gasteiger partial charge in [0.15, 0.2) is 0 Å². The van der Waals surface area contributed by atoms with Crippen molar-refractivity contribution >= 4 is 27.5 Å². The Balaban J connectivity index is 2.30. The maximum absolute atomic E-state index is 13.5. The molecule has 0 saturated carbocycles. The average molecular weight is 304 g/mol. The minimum absolute atomic E-state index is 0.225. The van der Waals surface area contributed by atoms with Crippen LogP contribution in [0.4, 0.5) is 4.39 Å². The van der Waals surface area contributed by atoms with E-state index in [1.807, 2.05) is 4.57 Å². The van der Waals surface area contributed by atoms with Crippen LogP contribution in [0.5, 0.6) is 0 Å². The molecule has 16 heavy (non-hydrogen) atoms. The molecule has 2 aromatic rings. The van der Waals surface area contributed by atoms with Crippen molar-refractivity contribution in [1.29, 1.82) is 0 Å². The molecule has 0 bridgehead atoms. The third-order valence-electron chi connectivity index (χ3n) is 2.27. The van der Waals surface area contributed by atoms with Gasteiger partial charge in [-0.05, 0) is 18.2 Å². The Bertz CT molecular complexity index is 498. The highest BCUT2D eigenvalue weighted by Gasteiger charge is 2.06. The van der Waals surface area contributed by atoms with Crippen LogP contribution in [0.3, 0.4) is 0 Å². The minimum Gasteiger partial charge on any atom is -0.329 e. The standard InChI is InChI=1S/C11H9BrClFN2/c12-9-1-2-10(14)8(5-9)7-16-4-3-15-11(16)6-13/h1-5H,6-7H2. The highest BCUT2D eigenvalue weighted by Crippen LogP contribution is 2.17. The van der Waals surface area contributed by atoms with E-state index in [1.54, 1.807) is 24.5 Å². The molecule has 0 atom stereocenters. The SMILES string of the molecule is Fc1ccc(Br)cc1Cn1ccnc1CCl. The number of benzene rings is 1. The molecule has 2 nitrogen and oxygen atoms in total. The van der Waals surface area contributed by atoms with Crippen LogP contribution in [0.1, 0.15) is 11.4 Å². The molecule has 0 saturated heterocycles. The molecule has 0 aliphatic heterocycles. The molecule has 0 radical (unpaired) electrons. The van der Waals surface area contributed by atoms with Crippen LogP contribution in [0.2, 0.25) is 0 Å². The first kappa shape index (κ1) is 11.6. The van der Waals surface area contributed by atoms with Crippen molar-refractivity contribution < 1.29 is 4.39 Å². The van der Waals surface area contributed by atoms with Crippen molar-refractivity contribution in [3.8, 4) is 0 Å². The highest BCUT2D eigenvalue weighted by atomic mass is 79.9. The zero-order valence-corrected chi connectivity index (χ0v) is 10.7. The number of nitrogens with zero attached hydrogens (tertiary/aromatic N) is 2. The summed E-state index contributed by atoms with van der Waals surface area (Å²) in [6.07, 6.45) is 3.45. The molecule has 1 heterocycles. The smallest absolute Gasteiger partial charge is 0.128 e. The van der Waals surface area contributed by atoms with Crippen molar-refractivity contribution in [3.63, 3.8) is 0 Å². The Morgan fingerprint density at radius 2 is 2.25 bits per heavy atom. The summed E-state index contributed by atoms with van der Waals surface area (Å²) in [5.41, 5.74) is 0.610. The van der Waals surface area contributed by atoms with Gasteiger partial charge in [-0.25, -0.2) is 9.37 Å². The molecule has 1 aromatic heterocycles. The van der Waals surface area contributed by atoms with Crippen LogP contribution in [0.25, 0.3) is 0 Å². The van der Waals surface area contributed by atoms with Gasteiger partial charge in [-0.15, -0.1) is 11.6 Å². The van der Waals surface area contributed by atoms with E-state index in [0.717, 1.165) is 10.3 Å². The number of rotatable bonds is 3. The first-order valence-electron chi connectivity index (χ1n) is 4.70. The molecule has 0 spiro atoms.